The molecule has 20 heavy (non-hydrogen) atoms. The molecule has 0 aromatic heterocycles. The van der Waals surface area contributed by atoms with Crippen molar-refractivity contribution in [3.63, 3.8) is 0 Å². The van der Waals surface area contributed by atoms with Crippen molar-refractivity contribution >= 4 is 27.3 Å². The molecule has 0 saturated heterocycles. The molecule has 0 heterocycles. The van der Waals surface area contributed by atoms with Crippen molar-refractivity contribution in [3.8, 4) is 0 Å². The summed E-state index contributed by atoms with van der Waals surface area (Å²) in [7, 11) is -4.02. The van der Waals surface area contributed by atoms with Gasteiger partial charge >= 0.3 is 0 Å². The van der Waals surface area contributed by atoms with Crippen molar-refractivity contribution in [3.05, 3.63) is 33.3 Å². The van der Waals surface area contributed by atoms with Crippen LogP contribution in [0.15, 0.2) is 23.1 Å². The van der Waals surface area contributed by atoms with Crippen LogP contribution >= 0.6 is 11.6 Å². The number of nitrogens with one attached hydrogen (secondary N) is 1. The van der Waals surface area contributed by atoms with Crippen LogP contribution in [0.4, 0.5) is 5.69 Å². The van der Waals surface area contributed by atoms with Crippen molar-refractivity contribution < 1.29 is 18.4 Å². The van der Waals surface area contributed by atoms with Gasteiger partial charge < -0.3 is 5.11 Å². The van der Waals surface area contributed by atoms with E-state index in [9.17, 15) is 18.5 Å². The number of halogens is 1. The van der Waals surface area contributed by atoms with Crippen LogP contribution < -0.4 is 4.72 Å². The first-order valence-corrected chi connectivity index (χ1v) is 7.54. The number of non-ortho nitro benzene ring substituents is 1. The largest absolute Gasteiger partial charge is 0.396 e. The van der Waals surface area contributed by atoms with Crippen LogP contribution in [0.3, 0.4) is 0 Å². The number of nitro benzene ring substituents is 1. The molecule has 1 rings (SSSR count). The molecule has 0 saturated carbocycles. The summed E-state index contributed by atoms with van der Waals surface area (Å²) in [4.78, 5) is 9.63. The fourth-order valence-electron chi connectivity index (χ4n) is 1.56. The normalized spacial score (nSPS) is 12.4. The third-order valence-electron chi connectivity index (χ3n) is 2.56. The number of benzene rings is 1. The predicted octanol–water partition coefficient (Wildman–Crippen LogP) is 1.69. The molecular weight excluding hydrogens is 308 g/mol. The van der Waals surface area contributed by atoms with E-state index in [0.717, 1.165) is 18.2 Å². The van der Waals surface area contributed by atoms with Gasteiger partial charge in [0.1, 0.15) is 4.90 Å². The molecule has 2 N–H and O–H groups in total. The number of nitrogens with zero attached hydrogens (tertiary/aromatic N) is 1. The highest BCUT2D eigenvalue weighted by Crippen LogP contribution is 2.27. The van der Waals surface area contributed by atoms with Crippen molar-refractivity contribution in [1.29, 1.82) is 0 Å². The fourth-order valence-corrected chi connectivity index (χ4v) is 3.52. The zero-order chi connectivity index (χ0) is 15.6. The van der Waals surface area contributed by atoms with Gasteiger partial charge in [0, 0.05) is 24.3 Å². The second kappa shape index (κ2) is 6.04. The number of nitro groups is 1. The molecule has 0 spiro atoms. The first-order chi connectivity index (χ1) is 9.09. The first kappa shape index (κ1) is 16.8. The van der Waals surface area contributed by atoms with E-state index >= 15 is 0 Å². The number of aliphatic hydroxyl groups is 1. The van der Waals surface area contributed by atoms with Crippen LogP contribution in [-0.4, -0.2) is 30.6 Å². The molecule has 0 atom stereocenters. The van der Waals surface area contributed by atoms with E-state index in [4.69, 9.17) is 16.7 Å². The second-order valence-corrected chi connectivity index (χ2v) is 6.89. The molecule has 1 aromatic rings. The Bertz CT molecular complexity index is 615. The van der Waals surface area contributed by atoms with Gasteiger partial charge in [-0.2, -0.15) is 0 Å². The summed E-state index contributed by atoms with van der Waals surface area (Å²) in [5, 5.41) is 19.5. The molecule has 0 bridgehead atoms. The Hall–Kier alpha value is -1.22. The Labute approximate surface area is 121 Å². The molecule has 112 valence electrons. The van der Waals surface area contributed by atoms with Crippen molar-refractivity contribution in [2.75, 3.05) is 6.61 Å². The van der Waals surface area contributed by atoms with Gasteiger partial charge in [-0.3, -0.25) is 10.1 Å². The number of hydrogen-bond acceptors (Lipinski definition) is 5. The molecule has 0 unspecified atom stereocenters. The van der Waals surface area contributed by atoms with Gasteiger partial charge in [-0.1, -0.05) is 11.6 Å². The van der Waals surface area contributed by atoms with Crippen molar-refractivity contribution in [2.24, 2.45) is 0 Å². The lowest BCUT2D eigenvalue weighted by molar-refractivity contribution is -0.385. The monoisotopic (exact) mass is 322 g/mol. The van der Waals surface area contributed by atoms with Crippen LogP contribution in [-0.2, 0) is 10.0 Å². The van der Waals surface area contributed by atoms with Gasteiger partial charge in [-0.25, -0.2) is 13.1 Å². The van der Waals surface area contributed by atoms with Gasteiger partial charge in [-0.05, 0) is 26.3 Å². The van der Waals surface area contributed by atoms with E-state index in [-0.39, 0.29) is 28.6 Å². The van der Waals surface area contributed by atoms with Gasteiger partial charge in [0.2, 0.25) is 10.0 Å². The molecular formula is C11H15ClN2O5S. The molecule has 9 heteroatoms. The maximum atomic E-state index is 12.2. The minimum atomic E-state index is -4.02. The summed E-state index contributed by atoms with van der Waals surface area (Å²) in [6, 6.07) is 3.19. The molecule has 1 aromatic carbocycles. The minimum Gasteiger partial charge on any atom is -0.396 e. The predicted molar refractivity (Wildman–Crippen MR) is 74.2 cm³/mol. The number of rotatable bonds is 6. The Balaban J connectivity index is 3.22. The lowest BCUT2D eigenvalue weighted by Crippen LogP contribution is -2.44. The first-order valence-electron chi connectivity index (χ1n) is 5.68. The lowest BCUT2D eigenvalue weighted by atomic mass is 10.0. The maximum Gasteiger partial charge on any atom is 0.270 e. The standard InChI is InChI=1S/C11H15ClN2O5S/c1-11(2,5-6-15)13-20(18,19)10-7-8(14(16)17)3-4-9(10)12/h3-4,7,13,15H,5-6H2,1-2H3. The van der Waals surface area contributed by atoms with E-state index in [2.05, 4.69) is 4.72 Å². The number of aliphatic hydroxyl groups excluding tert-OH is 1. The number of sulfonamides is 1. The Kier molecular flexibility index (Phi) is 5.09. The maximum absolute atomic E-state index is 12.2. The highest BCUT2D eigenvalue weighted by Gasteiger charge is 2.28. The molecule has 7 nitrogen and oxygen atoms in total. The zero-order valence-corrected chi connectivity index (χ0v) is 12.5. The summed E-state index contributed by atoms with van der Waals surface area (Å²) in [5.41, 5.74) is -1.27. The van der Waals surface area contributed by atoms with Gasteiger partial charge in [0.15, 0.2) is 0 Å². The molecule has 0 aliphatic carbocycles. The number of hydrogen-bond donors (Lipinski definition) is 2. The Morgan fingerprint density at radius 3 is 2.55 bits per heavy atom. The van der Waals surface area contributed by atoms with Crippen LogP contribution in [0.2, 0.25) is 5.02 Å². The van der Waals surface area contributed by atoms with Crippen LogP contribution in [0.5, 0.6) is 0 Å². The molecule has 0 aliphatic rings. The zero-order valence-electron chi connectivity index (χ0n) is 11.0. The lowest BCUT2D eigenvalue weighted by Gasteiger charge is -2.25. The second-order valence-electron chi connectivity index (χ2n) is 4.83. The van der Waals surface area contributed by atoms with E-state index in [1.165, 1.54) is 0 Å². The Morgan fingerprint density at radius 1 is 1.45 bits per heavy atom. The van der Waals surface area contributed by atoms with Gasteiger partial charge in [0.25, 0.3) is 5.69 Å². The minimum absolute atomic E-state index is 0.108. The smallest absolute Gasteiger partial charge is 0.270 e. The molecule has 0 amide bonds. The molecule has 0 fully saturated rings. The van der Waals surface area contributed by atoms with Gasteiger partial charge in [0.05, 0.1) is 9.95 Å². The topological polar surface area (TPSA) is 110 Å². The van der Waals surface area contributed by atoms with Crippen molar-refractivity contribution in [2.45, 2.75) is 30.7 Å². The summed E-state index contributed by atoms with van der Waals surface area (Å²) >= 11 is 5.80. The molecule has 0 radical (unpaired) electrons. The van der Waals surface area contributed by atoms with E-state index in [1.807, 2.05) is 0 Å². The highest BCUT2D eigenvalue weighted by atomic mass is 35.5. The average Bonchev–Trinajstić information content (AvgIpc) is 2.26. The van der Waals surface area contributed by atoms with E-state index in [1.54, 1.807) is 13.8 Å². The summed E-state index contributed by atoms with van der Waals surface area (Å²) in [6.07, 6.45) is 0.193. The summed E-state index contributed by atoms with van der Waals surface area (Å²) in [6.45, 7) is 2.98. The SMILES string of the molecule is CC(C)(CCO)NS(=O)(=O)c1cc([N+](=O)[O-])ccc1Cl. The Morgan fingerprint density at radius 2 is 2.05 bits per heavy atom. The van der Waals surface area contributed by atoms with Crippen LogP contribution in [0, 0.1) is 10.1 Å². The van der Waals surface area contributed by atoms with E-state index < -0.39 is 20.5 Å². The van der Waals surface area contributed by atoms with Crippen LogP contribution in [0.25, 0.3) is 0 Å². The van der Waals surface area contributed by atoms with Crippen molar-refractivity contribution in [1.82, 2.24) is 4.72 Å². The third kappa shape index (κ3) is 4.14. The van der Waals surface area contributed by atoms with Crippen LogP contribution in [0.1, 0.15) is 20.3 Å². The van der Waals surface area contributed by atoms with Gasteiger partial charge in [-0.15, -0.1) is 0 Å². The van der Waals surface area contributed by atoms with E-state index in [0.29, 0.717) is 0 Å². The summed E-state index contributed by atoms with van der Waals surface area (Å²) < 4.78 is 26.8. The summed E-state index contributed by atoms with van der Waals surface area (Å²) in [5.74, 6) is 0. The third-order valence-corrected chi connectivity index (χ3v) is 4.74. The molecule has 0 aliphatic heterocycles. The quantitative estimate of drug-likeness (QED) is 0.611. The average molecular weight is 323 g/mol. The fraction of sp³-hybridized carbons (Fsp3) is 0.455. The highest BCUT2D eigenvalue weighted by molar-refractivity contribution is 7.89.